The third-order valence-electron chi connectivity index (χ3n) is 0.710. The van der Waals surface area contributed by atoms with E-state index in [0.29, 0.717) is 0 Å². The van der Waals surface area contributed by atoms with Gasteiger partial charge >= 0.3 is 0 Å². The predicted octanol–water partition coefficient (Wildman–Crippen LogP) is 0.283. The van der Waals surface area contributed by atoms with E-state index in [4.69, 9.17) is 5.11 Å². The lowest BCUT2D eigenvalue weighted by Crippen LogP contribution is -2.14. The second-order valence-electron chi connectivity index (χ2n) is 2.94. The van der Waals surface area contributed by atoms with Gasteiger partial charge in [0, 0.05) is 26.1 Å². The number of hydrogen-bond acceptors (Lipinski definition) is 2. The molecule has 0 rings (SSSR count). The predicted molar refractivity (Wildman–Crippen MR) is 45.5 cm³/mol. The zero-order valence-corrected chi connectivity index (χ0v) is 7.39. The molecule has 0 radical (unpaired) electrons. The van der Waals surface area contributed by atoms with Crippen LogP contribution in [0.15, 0.2) is 0 Å². The maximum Gasteiger partial charge on any atom is 0.120 e. The fourth-order valence-corrected chi connectivity index (χ4v) is 0.324. The highest BCUT2D eigenvalue weighted by atomic mass is 16.3. The maximum atomic E-state index is 9.13. The van der Waals surface area contributed by atoms with E-state index in [-0.39, 0.29) is 0 Å². The summed E-state index contributed by atoms with van der Waals surface area (Å²) in [5, 5.41) is 9.13. The number of nitrogens with zero attached hydrogens (tertiary/aromatic N) is 1. The molecule has 11 heavy (non-hydrogen) atoms. The molecule has 0 amide bonds. The van der Waals surface area contributed by atoms with Gasteiger partial charge in [0.15, 0.2) is 0 Å². The first kappa shape index (κ1) is 9.88. The van der Waals surface area contributed by atoms with Crippen molar-refractivity contribution in [2.75, 3.05) is 14.1 Å². The van der Waals surface area contributed by atoms with Crippen LogP contribution < -0.4 is 0 Å². The molecule has 0 spiro atoms. The third-order valence-corrected chi connectivity index (χ3v) is 0.710. The molecular weight excluding hydrogens is 138 g/mol. The molecule has 0 heterocycles. The van der Waals surface area contributed by atoms with Crippen molar-refractivity contribution in [1.82, 2.24) is 4.90 Å². The molecule has 0 aromatic carbocycles. The molecule has 0 atom stereocenters. The number of rotatable bonds is 0. The van der Waals surface area contributed by atoms with E-state index in [0.717, 1.165) is 0 Å². The summed E-state index contributed by atoms with van der Waals surface area (Å²) in [5.41, 5.74) is -0.943. The minimum Gasteiger partial charge on any atom is -0.378 e. The summed E-state index contributed by atoms with van der Waals surface area (Å²) in [5.74, 6) is 7.73. The Morgan fingerprint density at radius 3 is 2.09 bits per heavy atom. The van der Waals surface area contributed by atoms with Crippen molar-refractivity contribution in [3.8, 4) is 23.8 Å². The largest absolute Gasteiger partial charge is 0.378 e. The molecule has 0 aliphatic rings. The SMILES string of the molecule is CN(C)C#CC#CC(C)(C)O. The van der Waals surface area contributed by atoms with E-state index in [1.54, 1.807) is 18.7 Å². The molecule has 0 bridgehead atoms. The van der Waals surface area contributed by atoms with E-state index in [1.165, 1.54) is 0 Å². The first-order valence-electron chi connectivity index (χ1n) is 3.34. The summed E-state index contributed by atoms with van der Waals surface area (Å²) in [6.45, 7) is 3.24. The van der Waals surface area contributed by atoms with Gasteiger partial charge in [0.2, 0.25) is 0 Å². The van der Waals surface area contributed by atoms with Crippen LogP contribution in [0, 0.1) is 23.8 Å². The Labute approximate surface area is 68.2 Å². The quantitative estimate of drug-likeness (QED) is 0.397. The van der Waals surface area contributed by atoms with Crippen LogP contribution in [0.4, 0.5) is 0 Å². The van der Waals surface area contributed by atoms with Gasteiger partial charge in [-0.05, 0) is 19.8 Å². The molecule has 0 fully saturated rings. The van der Waals surface area contributed by atoms with E-state index < -0.39 is 5.60 Å². The van der Waals surface area contributed by atoms with E-state index >= 15 is 0 Å². The monoisotopic (exact) mass is 151 g/mol. The van der Waals surface area contributed by atoms with Crippen molar-refractivity contribution in [1.29, 1.82) is 0 Å². The summed E-state index contributed by atoms with van der Waals surface area (Å²) in [4.78, 5) is 1.71. The Morgan fingerprint density at radius 2 is 1.73 bits per heavy atom. The molecule has 2 heteroatoms. The average molecular weight is 151 g/mol. The lowest BCUT2D eigenvalue weighted by molar-refractivity contribution is 0.143. The molecular formula is C9H13NO. The standard InChI is InChI=1S/C9H13NO/c1-9(2,11)7-5-6-8-10(3)4/h11H,1-4H3. The zero-order chi connectivity index (χ0) is 8.91. The van der Waals surface area contributed by atoms with E-state index in [1.807, 2.05) is 14.1 Å². The number of hydrogen-bond donors (Lipinski definition) is 1. The molecule has 0 aliphatic carbocycles. The molecule has 0 saturated heterocycles. The van der Waals surface area contributed by atoms with Crippen LogP contribution in [0.2, 0.25) is 0 Å². The van der Waals surface area contributed by atoms with Gasteiger partial charge in [-0.1, -0.05) is 5.92 Å². The molecule has 0 aromatic heterocycles. The van der Waals surface area contributed by atoms with Crippen molar-refractivity contribution in [3.05, 3.63) is 0 Å². The molecule has 2 nitrogen and oxygen atoms in total. The van der Waals surface area contributed by atoms with Crippen LogP contribution in [-0.4, -0.2) is 29.7 Å². The Bertz CT molecular complexity index is 226. The first-order chi connectivity index (χ1) is 4.92. The average Bonchev–Trinajstić information content (AvgIpc) is 1.78. The van der Waals surface area contributed by atoms with Gasteiger partial charge in [-0.25, -0.2) is 0 Å². The van der Waals surface area contributed by atoms with Crippen LogP contribution in [0.5, 0.6) is 0 Å². The van der Waals surface area contributed by atoms with Crippen LogP contribution in [0.25, 0.3) is 0 Å². The summed E-state index contributed by atoms with van der Waals surface area (Å²) < 4.78 is 0. The van der Waals surface area contributed by atoms with Crippen LogP contribution in [-0.2, 0) is 0 Å². The Hall–Kier alpha value is -1.12. The van der Waals surface area contributed by atoms with Gasteiger partial charge in [0.25, 0.3) is 0 Å². The maximum absolute atomic E-state index is 9.13. The minimum absolute atomic E-state index is 0.943. The summed E-state index contributed by atoms with van der Waals surface area (Å²) >= 11 is 0. The van der Waals surface area contributed by atoms with Crippen molar-refractivity contribution >= 4 is 0 Å². The van der Waals surface area contributed by atoms with Crippen molar-refractivity contribution in [2.24, 2.45) is 0 Å². The summed E-state index contributed by atoms with van der Waals surface area (Å²) in [6.07, 6.45) is 0. The van der Waals surface area contributed by atoms with Gasteiger partial charge in [-0.2, -0.15) is 0 Å². The van der Waals surface area contributed by atoms with Crippen molar-refractivity contribution < 1.29 is 5.11 Å². The molecule has 1 N–H and O–H groups in total. The van der Waals surface area contributed by atoms with Crippen LogP contribution >= 0.6 is 0 Å². The normalized spacial score (nSPS) is 8.82. The summed E-state index contributed by atoms with van der Waals surface area (Å²) in [7, 11) is 3.66. The fourth-order valence-electron chi connectivity index (χ4n) is 0.324. The third kappa shape index (κ3) is 8.88. The lowest BCUT2D eigenvalue weighted by atomic mass is 10.1. The topological polar surface area (TPSA) is 23.5 Å². The fraction of sp³-hybridized carbons (Fsp3) is 0.556. The van der Waals surface area contributed by atoms with Crippen molar-refractivity contribution in [3.63, 3.8) is 0 Å². The number of aliphatic hydroxyl groups is 1. The second-order valence-corrected chi connectivity index (χ2v) is 2.94. The molecule has 0 aliphatic heterocycles. The van der Waals surface area contributed by atoms with Crippen molar-refractivity contribution in [2.45, 2.75) is 19.4 Å². The first-order valence-corrected chi connectivity index (χ1v) is 3.34. The van der Waals surface area contributed by atoms with Gasteiger partial charge < -0.3 is 10.0 Å². The van der Waals surface area contributed by atoms with Crippen LogP contribution in [0.1, 0.15) is 13.8 Å². The summed E-state index contributed by atoms with van der Waals surface area (Å²) in [6, 6.07) is 2.72. The second kappa shape index (κ2) is 3.91. The molecule has 0 saturated carbocycles. The van der Waals surface area contributed by atoms with E-state index in [2.05, 4.69) is 23.8 Å². The highest BCUT2D eigenvalue weighted by molar-refractivity contribution is 5.28. The lowest BCUT2D eigenvalue weighted by Gasteiger charge is -2.04. The van der Waals surface area contributed by atoms with Gasteiger partial charge in [-0.15, -0.1) is 0 Å². The Kier molecular flexibility index (Phi) is 3.51. The molecule has 60 valence electrons. The van der Waals surface area contributed by atoms with Crippen LogP contribution in [0.3, 0.4) is 0 Å². The van der Waals surface area contributed by atoms with Gasteiger partial charge in [-0.3, -0.25) is 0 Å². The Morgan fingerprint density at radius 1 is 1.18 bits per heavy atom. The minimum atomic E-state index is -0.943. The molecule has 0 unspecified atom stereocenters. The Balaban J connectivity index is 4.05. The van der Waals surface area contributed by atoms with E-state index in [9.17, 15) is 0 Å². The van der Waals surface area contributed by atoms with Gasteiger partial charge in [0.1, 0.15) is 5.60 Å². The smallest absolute Gasteiger partial charge is 0.120 e. The zero-order valence-electron chi connectivity index (χ0n) is 7.39. The van der Waals surface area contributed by atoms with Gasteiger partial charge in [0.05, 0.1) is 0 Å². The highest BCUT2D eigenvalue weighted by Crippen LogP contribution is 1.95. The highest BCUT2D eigenvalue weighted by Gasteiger charge is 2.04. The molecule has 0 aromatic rings.